The molecule has 4 aromatic rings. The molecule has 2 aliphatic rings. The zero-order chi connectivity index (χ0) is 23.3. The second-order valence-corrected chi connectivity index (χ2v) is 9.25. The van der Waals surface area contributed by atoms with Crippen LogP contribution in [-0.4, -0.2) is 62.7 Å². The molecule has 0 spiro atoms. The molecule has 0 atom stereocenters. The monoisotopic (exact) mass is 464 g/mol. The number of halogens is 2. The van der Waals surface area contributed by atoms with Gasteiger partial charge in [0.05, 0.1) is 12.6 Å². The fourth-order valence-electron chi connectivity index (χ4n) is 5.15. The molecule has 1 aliphatic carbocycles. The van der Waals surface area contributed by atoms with Crippen molar-refractivity contribution in [1.82, 2.24) is 24.5 Å². The number of benzene rings is 1. The van der Waals surface area contributed by atoms with Crippen LogP contribution in [0.1, 0.15) is 25.7 Å². The second kappa shape index (κ2) is 8.16. The van der Waals surface area contributed by atoms with Crippen LogP contribution >= 0.6 is 0 Å². The van der Waals surface area contributed by atoms with E-state index in [0.29, 0.717) is 11.8 Å². The van der Waals surface area contributed by atoms with Gasteiger partial charge in [0.1, 0.15) is 5.52 Å². The zero-order valence-electron chi connectivity index (χ0n) is 18.9. The van der Waals surface area contributed by atoms with Crippen LogP contribution in [0, 0.1) is 0 Å². The minimum absolute atomic E-state index is 0.00818. The fourth-order valence-corrected chi connectivity index (χ4v) is 5.15. The van der Waals surface area contributed by atoms with Crippen molar-refractivity contribution in [3.8, 4) is 17.0 Å². The van der Waals surface area contributed by atoms with Gasteiger partial charge in [-0.1, -0.05) is 12.1 Å². The van der Waals surface area contributed by atoms with E-state index in [4.69, 9.17) is 4.74 Å². The summed E-state index contributed by atoms with van der Waals surface area (Å²) in [5.74, 6) is -1.47. The second-order valence-electron chi connectivity index (χ2n) is 9.25. The van der Waals surface area contributed by atoms with E-state index < -0.39 is 5.92 Å². The van der Waals surface area contributed by atoms with Gasteiger partial charge in [0, 0.05) is 61.4 Å². The van der Waals surface area contributed by atoms with Crippen LogP contribution in [0.4, 0.5) is 14.7 Å². The summed E-state index contributed by atoms with van der Waals surface area (Å²) < 4.78 is 33.9. The van der Waals surface area contributed by atoms with E-state index in [1.54, 1.807) is 17.8 Å². The minimum atomic E-state index is -2.47. The van der Waals surface area contributed by atoms with E-state index in [1.165, 1.54) is 0 Å². The summed E-state index contributed by atoms with van der Waals surface area (Å²) in [4.78, 5) is 11.2. The summed E-state index contributed by atoms with van der Waals surface area (Å²) in [5.41, 5.74) is 3.78. The normalized spacial score (nSPS) is 19.4. The molecular formula is C25H26F2N6O. The summed E-state index contributed by atoms with van der Waals surface area (Å²) in [5, 5.41) is 9.17. The molecule has 176 valence electrons. The first-order chi connectivity index (χ1) is 16.5. The number of rotatable bonds is 5. The zero-order valence-corrected chi connectivity index (χ0v) is 18.9. The lowest BCUT2D eigenvalue weighted by Gasteiger charge is -2.45. The molecule has 34 heavy (non-hydrogen) atoms. The predicted octanol–water partition coefficient (Wildman–Crippen LogP) is 4.63. The van der Waals surface area contributed by atoms with Crippen molar-refractivity contribution < 1.29 is 13.5 Å². The summed E-state index contributed by atoms with van der Waals surface area (Å²) in [6, 6.07) is 12.4. The first kappa shape index (κ1) is 21.2. The van der Waals surface area contributed by atoms with E-state index in [-0.39, 0.29) is 24.9 Å². The molecule has 3 aromatic heterocycles. The maximum Gasteiger partial charge on any atom is 0.251 e. The standard InChI is InChI=1S/C25H26F2N6O/c1-34-23-22-20(16-4-5-21-17(13-16)3-2-9-28-21)8-12-33(22)31-24(30-23)29-18-6-10-32(11-7-18)19-14-25(26,27)15-19/h2-5,8-9,12-13,18-19H,6-7,10-11,14-15H2,1H3,(H,29,31). The Balaban J connectivity index is 1.21. The van der Waals surface area contributed by atoms with Crippen LogP contribution in [0.3, 0.4) is 0 Å². The molecule has 1 aromatic carbocycles. The van der Waals surface area contributed by atoms with Gasteiger partial charge in [-0.2, -0.15) is 4.98 Å². The number of anilines is 1. The van der Waals surface area contributed by atoms with Crippen molar-refractivity contribution in [2.75, 3.05) is 25.5 Å². The SMILES string of the molecule is COc1nc(NC2CCN(C3CC(F)(F)C3)CC2)nn2ccc(-c3ccc4ncccc4c3)c12. The summed E-state index contributed by atoms with van der Waals surface area (Å²) in [6.07, 6.45) is 5.42. The van der Waals surface area contributed by atoms with Gasteiger partial charge in [-0.05, 0) is 42.7 Å². The molecule has 1 aliphatic heterocycles. The third-order valence-electron chi connectivity index (χ3n) is 7.03. The maximum absolute atomic E-state index is 13.2. The molecule has 2 fully saturated rings. The molecule has 4 heterocycles. The number of fused-ring (bicyclic) bond motifs is 2. The molecule has 1 saturated carbocycles. The van der Waals surface area contributed by atoms with Crippen LogP contribution in [-0.2, 0) is 0 Å². The third-order valence-corrected chi connectivity index (χ3v) is 7.03. The molecule has 1 N–H and O–H groups in total. The largest absolute Gasteiger partial charge is 0.479 e. The highest BCUT2D eigenvalue weighted by molar-refractivity contribution is 5.90. The number of methoxy groups -OCH3 is 1. The number of hydrogen-bond acceptors (Lipinski definition) is 6. The first-order valence-corrected chi connectivity index (χ1v) is 11.7. The van der Waals surface area contributed by atoms with E-state index in [2.05, 4.69) is 31.3 Å². The lowest BCUT2D eigenvalue weighted by atomic mass is 9.85. The average Bonchev–Trinajstić information content (AvgIpc) is 3.26. The molecule has 0 radical (unpaired) electrons. The Morgan fingerprint density at radius 3 is 2.71 bits per heavy atom. The highest BCUT2D eigenvalue weighted by atomic mass is 19.3. The van der Waals surface area contributed by atoms with Crippen molar-refractivity contribution in [1.29, 1.82) is 0 Å². The lowest BCUT2D eigenvalue weighted by molar-refractivity contribution is -0.127. The van der Waals surface area contributed by atoms with Gasteiger partial charge in [0.25, 0.3) is 5.92 Å². The van der Waals surface area contributed by atoms with Crippen molar-refractivity contribution in [2.24, 2.45) is 0 Å². The Bertz CT molecular complexity index is 1340. The van der Waals surface area contributed by atoms with Crippen LogP contribution in [0.15, 0.2) is 48.8 Å². The Hall–Kier alpha value is -3.33. The number of nitrogens with one attached hydrogen (secondary N) is 1. The molecule has 7 nitrogen and oxygen atoms in total. The van der Waals surface area contributed by atoms with Crippen molar-refractivity contribution >= 4 is 22.4 Å². The number of piperidine rings is 1. The van der Waals surface area contributed by atoms with Gasteiger partial charge in [-0.25, -0.2) is 13.3 Å². The topological polar surface area (TPSA) is 67.6 Å². The highest BCUT2D eigenvalue weighted by Gasteiger charge is 2.48. The van der Waals surface area contributed by atoms with Crippen molar-refractivity contribution in [2.45, 2.75) is 43.7 Å². The van der Waals surface area contributed by atoms with Crippen LogP contribution in [0.25, 0.3) is 27.5 Å². The number of pyridine rings is 1. The van der Waals surface area contributed by atoms with Gasteiger partial charge >= 0.3 is 0 Å². The molecular weight excluding hydrogens is 438 g/mol. The maximum atomic E-state index is 13.2. The molecule has 6 rings (SSSR count). The first-order valence-electron chi connectivity index (χ1n) is 11.7. The van der Waals surface area contributed by atoms with E-state index in [1.807, 2.05) is 36.5 Å². The minimum Gasteiger partial charge on any atom is -0.479 e. The van der Waals surface area contributed by atoms with Crippen LogP contribution in [0.5, 0.6) is 5.88 Å². The van der Waals surface area contributed by atoms with Gasteiger partial charge in [-0.3, -0.25) is 9.88 Å². The van der Waals surface area contributed by atoms with E-state index in [0.717, 1.165) is 53.5 Å². The number of nitrogens with zero attached hydrogens (tertiary/aromatic N) is 5. The summed E-state index contributed by atoms with van der Waals surface area (Å²) in [7, 11) is 1.61. The van der Waals surface area contributed by atoms with Crippen molar-refractivity contribution in [3.05, 3.63) is 48.8 Å². The molecule has 9 heteroatoms. The van der Waals surface area contributed by atoms with Crippen molar-refractivity contribution in [3.63, 3.8) is 0 Å². The smallest absolute Gasteiger partial charge is 0.251 e. The highest BCUT2D eigenvalue weighted by Crippen LogP contribution is 2.41. The Morgan fingerprint density at radius 2 is 1.94 bits per heavy atom. The fraction of sp³-hybridized carbons (Fsp3) is 0.400. The van der Waals surface area contributed by atoms with Gasteiger partial charge in [0.2, 0.25) is 11.8 Å². The van der Waals surface area contributed by atoms with Gasteiger partial charge in [0.15, 0.2) is 0 Å². The van der Waals surface area contributed by atoms with E-state index in [9.17, 15) is 8.78 Å². The van der Waals surface area contributed by atoms with Gasteiger partial charge < -0.3 is 10.1 Å². The third kappa shape index (κ3) is 3.83. The number of ether oxygens (including phenoxy) is 1. The van der Waals surface area contributed by atoms with Crippen LogP contribution in [0.2, 0.25) is 0 Å². The Labute approximate surface area is 195 Å². The average molecular weight is 465 g/mol. The van der Waals surface area contributed by atoms with E-state index >= 15 is 0 Å². The molecule has 1 saturated heterocycles. The number of hydrogen-bond donors (Lipinski definition) is 1. The van der Waals surface area contributed by atoms with Gasteiger partial charge in [-0.15, -0.1) is 5.10 Å². The molecule has 0 unspecified atom stereocenters. The van der Waals surface area contributed by atoms with Crippen LogP contribution < -0.4 is 10.1 Å². The Kier molecular flexibility index (Phi) is 5.09. The lowest BCUT2D eigenvalue weighted by Crippen LogP contribution is -2.54. The quantitative estimate of drug-likeness (QED) is 0.465. The summed E-state index contributed by atoms with van der Waals surface area (Å²) >= 11 is 0. The molecule has 0 amide bonds. The number of likely N-dealkylation sites (tertiary alicyclic amines) is 1. The summed E-state index contributed by atoms with van der Waals surface area (Å²) in [6.45, 7) is 1.62. The number of aromatic nitrogens is 4. The molecule has 0 bridgehead atoms. The Morgan fingerprint density at radius 1 is 1.12 bits per heavy atom. The number of alkyl halides is 2. The predicted molar refractivity (Wildman–Crippen MR) is 126 cm³/mol.